The largest absolute Gasteiger partial charge is 0.380 e. The van der Waals surface area contributed by atoms with E-state index in [0.29, 0.717) is 18.8 Å². The van der Waals surface area contributed by atoms with Crippen LogP contribution in [-0.4, -0.2) is 22.4 Å². The Morgan fingerprint density at radius 1 is 1.48 bits per heavy atom. The van der Waals surface area contributed by atoms with Crippen LogP contribution in [0.15, 0.2) is 29.1 Å². The van der Waals surface area contributed by atoms with Crippen molar-refractivity contribution in [1.29, 1.82) is 0 Å². The van der Waals surface area contributed by atoms with Gasteiger partial charge in [0, 0.05) is 23.6 Å². The van der Waals surface area contributed by atoms with E-state index in [0.717, 1.165) is 5.69 Å². The highest BCUT2D eigenvalue weighted by Gasteiger charge is 2.17. The van der Waals surface area contributed by atoms with Gasteiger partial charge in [0.05, 0.1) is 22.7 Å². The SMILES string of the molecule is CCNc1ccc(C(=O)NCc2cscn2)cc1[N+](=O)[O-]. The van der Waals surface area contributed by atoms with Gasteiger partial charge >= 0.3 is 0 Å². The zero-order valence-corrected chi connectivity index (χ0v) is 12.1. The molecule has 110 valence electrons. The molecule has 0 aliphatic carbocycles. The van der Waals surface area contributed by atoms with Crippen LogP contribution in [0.4, 0.5) is 11.4 Å². The molecule has 0 fully saturated rings. The molecule has 1 heterocycles. The molecule has 0 atom stereocenters. The van der Waals surface area contributed by atoms with Gasteiger partial charge < -0.3 is 10.6 Å². The monoisotopic (exact) mass is 306 g/mol. The van der Waals surface area contributed by atoms with Crippen molar-refractivity contribution in [3.63, 3.8) is 0 Å². The number of carbonyl (C=O) groups excluding carboxylic acids is 1. The zero-order valence-electron chi connectivity index (χ0n) is 11.3. The second-order valence-electron chi connectivity index (χ2n) is 4.18. The van der Waals surface area contributed by atoms with E-state index in [1.165, 1.54) is 17.4 Å². The van der Waals surface area contributed by atoms with Crippen LogP contribution >= 0.6 is 11.3 Å². The number of nitro groups is 1. The van der Waals surface area contributed by atoms with Gasteiger partial charge in [-0.3, -0.25) is 14.9 Å². The highest BCUT2D eigenvalue weighted by molar-refractivity contribution is 7.07. The van der Waals surface area contributed by atoms with Crippen molar-refractivity contribution in [2.24, 2.45) is 0 Å². The van der Waals surface area contributed by atoms with Gasteiger partial charge in [-0.1, -0.05) is 0 Å². The first-order valence-corrected chi connectivity index (χ1v) is 7.23. The average Bonchev–Trinajstić information content (AvgIpc) is 2.98. The molecule has 0 saturated heterocycles. The van der Waals surface area contributed by atoms with Gasteiger partial charge in [-0.25, -0.2) is 4.98 Å². The Bertz CT molecular complexity index is 643. The molecule has 1 aromatic heterocycles. The van der Waals surface area contributed by atoms with Crippen molar-refractivity contribution in [3.8, 4) is 0 Å². The molecule has 0 unspecified atom stereocenters. The topological polar surface area (TPSA) is 97.2 Å². The molecule has 7 nitrogen and oxygen atoms in total. The molecule has 0 spiro atoms. The number of thiazole rings is 1. The van der Waals surface area contributed by atoms with Gasteiger partial charge in [0.15, 0.2) is 0 Å². The third kappa shape index (κ3) is 3.76. The Labute approximate surface area is 125 Å². The molecule has 21 heavy (non-hydrogen) atoms. The molecule has 0 saturated carbocycles. The number of nitro benzene ring substituents is 1. The van der Waals surface area contributed by atoms with Gasteiger partial charge in [0.25, 0.3) is 11.6 Å². The molecule has 2 aromatic rings. The van der Waals surface area contributed by atoms with Crippen molar-refractivity contribution in [2.75, 3.05) is 11.9 Å². The fraction of sp³-hybridized carbons (Fsp3) is 0.231. The Kier molecular flexibility index (Phi) is 4.83. The molecule has 2 rings (SSSR count). The summed E-state index contributed by atoms with van der Waals surface area (Å²) in [5, 5.41) is 18.4. The Morgan fingerprint density at radius 2 is 2.29 bits per heavy atom. The molecule has 1 aromatic carbocycles. The van der Waals surface area contributed by atoms with E-state index in [1.807, 2.05) is 12.3 Å². The lowest BCUT2D eigenvalue weighted by atomic mass is 10.1. The van der Waals surface area contributed by atoms with Crippen LogP contribution in [0.2, 0.25) is 0 Å². The highest BCUT2D eigenvalue weighted by atomic mass is 32.1. The number of nitrogens with one attached hydrogen (secondary N) is 2. The minimum absolute atomic E-state index is 0.113. The Balaban J connectivity index is 2.13. The third-order valence-electron chi connectivity index (χ3n) is 2.74. The van der Waals surface area contributed by atoms with Gasteiger partial charge in [0.2, 0.25) is 0 Å². The van der Waals surface area contributed by atoms with E-state index >= 15 is 0 Å². The van der Waals surface area contributed by atoms with Crippen molar-refractivity contribution < 1.29 is 9.72 Å². The predicted molar refractivity (Wildman–Crippen MR) is 80.5 cm³/mol. The average molecular weight is 306 g/mol. The van der Waals surface area contributed by atoms with E-state index in [9.17, 15) is 14.9 Å². The summed E-state index contributed by atoms with van der Waals surface area (Å²) in [5.74, 6) is -0.367. The van der Waals surface area contributed by atoms with Crippen LogP contribution in [0.3, 0.4) is 0 Å². The smallest absolute Gasteiger partial charge is 0.293 e. The number of amides is 1. The molecular formula is C13H14N4O3S. The minimum Gasteiger partial charge on any atom is -0.380 e. The number of aromatic nitrogens is 1. The standard InChI is InChI=1S/C13H14N4O3S/c1-2-14-11-4-3-9(5-12(11)17(19)20)13(18)15-6-10-7-21-8-16-10/h3-5,7-8,14H,2,6H2,1H3,(H,15,18). The minimum atomic E-state index is -0.505. The summed E-state index contributed by atoms with van der Waals surface area (Å²) in [5.41, 5.74) is 2.97. The van der Waals surface area contributed by atoms with Crippen LogP contribution < -0.4 is 10.6 Å². The van der Waals surface area contributed by atoms with Gasteiger partial charge in [-0.2, -0.15) is 0 Å². The summed E-state index contributed by atoms with van der Waals surface area (Å²) in [6.07, 6.45) is 0. The fourth-order valence-electron chi connectivity index (χ4n) is 1.76. The van der Waals surface area contributed by atoms with Crippen molar-refractivity contribution in [1.82, 2.24) is 10.3 Å². The molecule has 1 amide bonds. The van der Waals surface area contributed by atoms with Gasteiger partial charge in [-0.15, -0.1) is 11.3 Å². The number of nitrogens with zero attached hydrogens (tertiary/aromatic N) is 2. The molecule has 0 aliphatic heterocycles. The summed E-state index contributed by atoms with van der Waals surface area (Å²) in [6.45, 7) is 2.71. The van der Waals surface area contributed by atoms with Crippen molar-refractivity contribution in [3.05, 3.63) is 50.5 Å². The molecule has 0 radical (unpaired) electrons. The number of benzene rings is 1. The lowest BCUT2D eigenvalue weighted by Gasteiger charge is -2.07. The van der Waals surface area contributed by atoms with Crippen LogP contribution in [0, 0.1) is 10.1 Å². The summed E-state index contributed by atoms with van der Waals surface area (Å²) in [6, 6.07) is 4.37. The van der Waals surface area contributed by atoms with E-state index in [2.05, 4.69) is 15.6 Å². The fourth-order valence-corrected chi connectivity index (χ4v) is 2.32. The van der Waals surface area contributed by atoms with Crippen LogP contribution in [0.5, 0.6) is 0 Å². The first-order chi connectivity index (χ1) is 10.1. The summed E-state index contributed by atoms with van der Waals surface area (Å²) < 4.78 is 0. The van der Waals surface area contributed by atoms with E-state index in [-0.39, 0.29) is 17.2 Å². The van der Waals surface area contributed by atoms with E-state index < -0.39 is 4.92 Å². The summed E-state index contributed by atoms with van der Waals surface area (Å²) in [7, 11) is 0. The molecule has 2 N–H and O–H groups in total. The maximum absolute atomic E-state index is 12.0. The summed E-state index contributed by atoms with van der Waals surface area (Å²) >= 11 is 1.44. The third-order valence-corrected chi connectivity index (χ3v) is 3.37. The lowest BCUT2D eigenvalue weighted by molar-refractivity contribution is -0.384. The zero-order chi connectivity index (χ0) is 15.2. The van der Waals surface area contributed by atoms with Crippen molar-refractivity contribution in [2.45, 2.75) is 13.5 Å². The van der Waals surface area contributed by atoms with Crippen molar-refractivity contribution >= 4 is 28.6 Å². The number of rotatable bonds is 6. The Morgan fingerprint density at radius 3 is 2.90 bits per heavy atom. The van der Waals surface area contributed by atoms with E-state index in [4.69, 9.17) is 0 Å². The van der Waals surface area contributed by atoms with Crippen LogP contribution in [-0.2, 0) is 6.54 Å². The second-order valence-corrected chi connectivity index (χ2v) is 4.90. The highest BCUT2D eigenvalue weighted by Crippen LogP contribution is 2.25. The molecular weight excluding hydrogens is 292 g/mol. The predicted octanol–water partition coefficient (Wildman–Crippen LogP) is 2.41. The number of carbonyl (C=O) groups is 1. The van der Waals surface area contributed by atoms with Gasteiger partial charge in [0.1, 0.15) is 5.69 Å². The molecule has 8 heteroatoms. The number of hydrogen-bond acceptors (Lipinski definition) is 6. The van der Waals surface area contributed by atoms with Crippen LogP contribution in [0.1, 0.15) is 23.0 Å². The maximum atomic E-state index is 12.0. The van der Waals surface area contributed by atoms with Crippen LogP contribution in [0.25, 0.3) is 0 Å². The maximum Gasteiger partial charge on any atom is 0.293 e. The van der Waals surface area contributed by atoms with Gasteiger partial charge in [-0.05, 0) is 19.1 Å². The first-order valence-electron chi connectivity index (χ1n) is 6.29. The Hall–Kier alpha value is -2.48. The second kappa shape index (κ2) is 6.80. The van der Waals surface area contributed by atoms with E-state index in [1.54, 1.807) is 17.6 Å². The molecule has 0 bridgehead atoms. The summed E-state index contributed by atoms with van der Waals surface area (Å²) in [4.78, 5) is 26.6. The normalized spacial score (nSPS) is 10.1. The quantitative estimate of drug-likeness (QED) is 0.631. The first kappa shape index (κ1) is 14.9. The molecule has 0 aliphatic rings. The number of anilines is 1. The lowest BCUT2D eigenvalue weighted by Crippen LogP contribution is -2.23. The number of hydrogen-bond donors (Lipinski definition) is 2.